The highest BCUT2D eigenvalue weighted by Gasteiger charge is 2.48. The molecular formula is C15H22N2O4. The summed E-state index contributed by atoms with van der Waals surface area (Å²) in [6.07, 6.45) is 2.77. The Balaban J connectivity index is 2.30. The molecule has 1 unspecified atom stereocenters. The summed E-state index contributed by atoms with van der Waals surface area (Å²) < 4.78 is 11.3. The Morgan fingerprint density at radius 3 is 2.95 bits per heavy atom. The summed E-state index contributed by atoms with van der Waals surface area (Å²) >= 11 is 0. The third-order valence-electron chi connectivity index (χ3n) is 3.97. The molecule has 4 atom stereocenters. The Kier molecular flexibility index (Phi) is 4.49. The first-order chi connectivity index (χ1) is 9.86. The van der Waals surface area contributed by atoms with Crippen LogP contribution in [-0.2, 0) is 14.3 Å². The van der Waals surface area contributed by atoms with Gasteiger partial charge < -0.3 is 20.3 Å². The van der Waals surface area contributed by atoms with Gasteiger partial charge in [0, 0.05) is 25.1 Å². The average molecular weight is 294 g/mol. The molecule has 0 aromatic carbocycles. The van der Waals surface area contributed by atoms with Gasteiger partial charge in [0.15, 0.2) is 0 Å². The number of pyridine rings is 1. The monoisotopic (exact) mass is 294 g/mol. The molecule has 0 spiro atoms. The topological polar surface area (TPSA) is 94.7 Å². The van der Waals surface area contributed by atoms with Crippen molar-refractivity contribution in [2.45, 2.75) is 57.5 Å². The maximum absolute atomic E-state index is 11.3. The second-order valence-corrected chi connectivity index (χ2v) is 5.59. The fraction of sp³-hybridized carbons (Fsp3) is 0.600. The number of aliphatic hydroxyl groups is 1. The zero-order chi connectivity index (χ0) is 15.6. The van der Waals surface area contributed by atoms with Crippen LogP contribution in [0.5, 0.6) is 0 Å². The van der Waals surface area contributed by atoms with Crippen LogP contribution in [0, 0.1) is 0 Å². The molecule has 2 rings (SSSR count). The molecule has 1 aromatic heterocycles. The number of hydrogen-bond acceptors (Lipinski definition) is 6. The van der Waals surface area contributed by atoms with Gasteiger partial charge in [-0.2, -0.15) is 0 Å². The minimum atomic E-state index is -1.22. The van der Waals surface area contributed by atoms with Crippen LogP contribution in [0.2, 0.25) is 0 Å². The Morgan fingerprint density at radius 2 is 2.38 bits per heavy atom. The van der Waals surface area contributed by atoms with Crippen LogP contribution >= 0.6 is 0 Å². The molecule has 6 heteroatoms. The van der Waals surface area contributed by atoms with Gasteiger partial charge in [-0.3, -0.25) is 9.78 Å². The summed E-state index contributed by atoms with van der Waals surface area (Å²) in [7, 11) is 0. The van der Waals surface area contributed by atoms with Crippen LogP contribution in [-0.4, -0.2) is 33.9 Å². The fourth-order valence-corrected chi connectivity index (χ4v) is 2.82. The molecule has 0 aliphatic carbocycles. The summed E-state index contributed by atoms with van der Waals surface area (Å²) in [4.78, 5) is 15.3. The van der Waals surface area contributed by atoms with Crippen molar-refractivity contribution in [3.8, 4) is 0 Å². The molecule has 0 radical (unpaired) electrons. The third kappa shape index (κ3) is 3.16. The van der Waals surface area contributed by atoms with Gasteiger partial charge in [0.1, 0.15) is 11.7 Å². The Morgan fingerprint density at radius 1 is 1.67 bits per heavy atom. The van der Waals surface area contributed by atoms with Gasteiger partial charge in [0.05, 0.1) is 24.1 Å². The summed E-state index contributed by atoms with van der Waals surface area (Å²) in [5, 5.41) is 10.6. The van der Waals surface area contributed by atoms with Crippen LogP contribution in [0.25, 0.3) is 0 Å². The van der Waals surface area contributed by atoms with E-state index in [4.69, 9.17) is 15.2 Å². The molecule has 0 bridgehead atoms. The highest BCUT2D eigenvalue weighted by atomic mass is 16.6. The van der Waals surface area contributed by atoms with E-state index in [2.05, 4.69) is 4.98 Å². The maximum Gasteiger partial charge on any atom is 0.303 e. The Hall–Kier alpha value is -1.66. The van der Waals surface area contributed by atoms with Crippen molar-refractivity contribution in [3.63, 3.8) is 0 Å². The predicted molar refractivity (Wildman–Crippen MR) is 77.3 cm³/mol. The van der Waals surface area contributed by atoms with Crippen LogP contribution < -0.4 is 5.73 Å². The van der Waals surface area contributed by atoms with Gasteiger partial charge in [-0.15, -0.1) is 0 Å². The van der Waals surface area contributed by atoms with E-state index in [-0.39, 0.29) is 6.10 Å². The van der Waals surface area contributed by atoms with Crippen molar-refractivity contribution in [1.29, 1.82) is 0 Å². The number of ether oxygens (including phenoxy) is 2. The van der Waals surface area contributed by atoms with E-state index < -0.39 is 23.8 Å². The minimum Gasteiger partial charge on any atom is -0.459 e. The van der Waals surface area contributed by atoms with E-state index in [1.165, 1.54) is 6.92 Å². The molecule has 1 fully saturated rings. The molecule has 6 nitrogen and oxygen atoms in total. The molecule has 1 saturated heterocycles. The molecular weight excluding hydrogens is 272 g/mol. The lowest BCUT2D eigenvalue weighted by Crippen LogP contribution is -2.56. The highest BCUT2D eigenvalue weighted by molar-refractivity contribution is 5.66. The second-order valence-electron chi connectivity index (χ2n) is 5.59. The number of nitrogen functional groups attached to an aromatic ring is 1. The van der Waals surface area contributed by atoms with Crippen molar-refractivity contribution < 1.29 is 19.4 Å². The van der Waals surface area contributed by atoms with E-state index in [0.717, 1.165) is 5.56 Å². The lowest BCUT2D eigenvalue weighted by atomic mass is 9.82. The van der Waals surface area contributed by atoms with E-state index in [0.29, 0.717) is 18.5 Å². The molecule has 2 heterocycles. The van der Waals surface area contributed by atoms with Gasteiger partial charge >= 0.3 is 5.97 Å². The quantitative estimate of drug-likeness (QED) is 0.822. The van der Waals surface area contributed by atoms with Gasteiger partial charge in [-0.25, -0.2) is 0 Å². The number of nitrogens with two attached hydrogens (primary N) is 1. The van der Waals surface area contributed by atoms with Crippen molar-refractivity contribution in [2.24, 2.45) is 0 Å². The van der Waals surface area contributed by atoms with E-state index in [1.807, 2.05) is 6.92 Å². The SMILES string of the molecule is CC[C@@H]1OC(c2ccncc2N)C[C@H](OC(C)=O)[C@]1(C)O. The van der Waals surface area contributed by atoms with Crippen molar-refractivity contribution in [3.05, 3.63) is 24.0 Å². The standard InChI is InChI=1S/C15H22N2O4/c1-4-13-15(3,19)14(20-9(2)18)7-12(21-13)10-5-6-17-8-11(10)16/h5-6,8,12-14,19H,4,7,16H2,1-3H3/t12?,13-,14-,15+/m0/s1. The molecule has 0 amide bonds. The van der Waals surface area contributed by atoms with Crippen molar-refractivity contribution in [2.75, 3.05) is 5.73 Å². The smallest absolute Gasteiger partial charge is 0.303 e. The Bertz CT molecular complexity index is 518. The summed E-state index contributed by atoms with van der Waals surface area (Å²) in [6, 6.07) is 1.79. The van der Waals surface area contributed by atoms with E-state index in [9.17, 15) is 9.90 Å². The highest BCUT2D eigenvalue weighted by Crippen LogP contribution is 2.41. The number of hydrogen-bond donors (Lipinski definition) is 2. The first kappa shape index (κ1) is 15.7. The zero-order valence-electron chi connectivity index (χ0n) is 12.6. The number of carbonyl (C=O) groups is 1. The summed E-state index contributed by atoms with van der Waals surface area (Å²) in [5.74, 6) is -0.418. The average Bonchev–Trinajstić information content (AvgIpc) is 2.41. The summed E-state index contributed by atoms with van der Waals surface area (Å²) in [5.41, 5.74) is 6.05. The fourth-order valence-electron chi connectivity index (χ4n) is 2.82. The third-order valence-corrected chi connectivity index (χ3v) is 3.97. The molecule has 116 valence electrons. The molecule has 1 aromatic rings. The molecule has 21 heavy (non-hydrogen) atoms. The van der Waals surface area contributed by atoms with Crippen LogP contribution in [0.15, 0.2) is 18.5 Å². The van der Waals surface area contributed by atoms with E-state index in [1.54, 1.807) is 25.4 Å². The maximum atomic E-state index is 11.3. The van der Waals surface area contributed by atoms with Crippen molar-refractivity contribution >= 4 is 11.7 Å². The normalized spacial score (nSPS) is 32.7. The molecule has 1 aliphatic heterocycles. The van der Waals surface area contributed by atoms with Gasteiger partial charge in [-0.05, 0) is 19.4 Å². The summed E-state index contributed by atoms with van der Waals surface area (Å²) in [6.45, 7) is 4.89. The van der Waals surface area contributed by atoms with Gasteiger partial charge in [0.25, 0.3) is 0 Å². The lowest BCUT2D eigenvalue weighted by molar-refractivity contribution is -0.232. The molecule has 0 saturated carbocycles. The zero-order valence-corrected chi connectivity index (χ0v) is 12.6. The number of nitrogens with zero attached hydrogens (tertiary/aromatic N) is 1. The molecule has 3 N–H and O–H groups in total. The van der Waals surface area contributed by atoms with Crippen molar-refractivity contribution in [1.82, 2.24) is 4.98 Å². The number of esters is 1. The van der Waals surface area contributed by atoms with Gasteiger partial charge in [0.2, 0.25) is 0 Å². The van der Waals surface area contributed by atoms with E-state index >= 15 is 0 Å². The molecule has 1 aliphatic rings. The minimum absolute atomic E-state index is 0.331. The number of aromatic nitrogens is 1. The largest absolute Gasteiger partial charge is 0.459 e. The van der Waals surface area contributed by atoms with Gasteiger partial charge in [-0.1, -0.05) is 6.92 Å². The second kappa shape index (κ2) is 5.99. The van der Waals surface area contributed by atoms with Crippen LogP contribution in [0.1, 0.15) is 45.3 Å². The Labute approximate surface area is 124 Å². The van der Waals surface area contributed by atoms with Crippen LogP contribution in [0.3, 0.4) is 0 Å². The number of rotatable bonds is 3. The predicted octanol–water partition coefficient (Wildman–Crippen LogP) is 1.59. The lowest BCUT2D eigenvalue weighted by Gasteiger charge is -2.45. The first-order valence-corrected chi connectivity index (χ1v) is 7.10. The first-order valence-electron chi connectivity index (χ1n) is 7.10. The number of carbonyl (C=O) groups excluding carboxylic acids is 1. The van der Waals surface area contributed by atoms with Crippen LogP contribution in [0.4, 0.5) is 5.69 Å². The number of anilines is 1.